The standard InChI is InChI=1S/C10H18N4/c1-3-14(7-8(2)6-11)10(12)13-9-4-5-9/h8-9H,3-5,7H2,1-2H3,(H2,12,13). The summed E-state index contributed by atoms with van der Waals surface area (Å²) in [4.78, 5) is 6.32. The van der Waals surface area contributed by atoms with Crippen molar-refractivity contribution in [2.45, 2.75) is 32.7 Å². The van der Waals surface area contributed by atoms with Crippen LogP contribution in [0, 0.1) is 17.2 Å². The maximum absolute atomic E-state index is 8.70. The van der Waals surface area contributed by atoms with E-state index in [2.05, 4.69) is 11.1 Å². The minimum absolute atomic E-state index is 0.00269. The van der Waals surface area contributed by atoms with Crippen LogP contribution < -0.4 is 5.73 Å². The van der Waals surface area contributed by atoms with E-state index in [0.29, 0.717) is 18.5 Å². The molecule has 78 valence electrons. The molecule has 0 aromatic heterocycles. The summed E-state index contributed by atoms with van der Waals surface area (Å²) in [6.45, 7) is 5.41. The molecule has 4 nitrogen and oxygen atoms in total. The molecule has 0 spiro atoms. The van der Waals surface area contributed by atoms with Crippen LogP contribution in [-0.4, -0.2) is 30.0 Å². The SMILES string of the molecule is CCN(CC(C)C#N)C(N)=NC1CC1. The highest BCUT2D eigenvalue weighted by Gasteiger charge is 2.22. The Morgan fingerprint density at radius 3 is 2.79 bits per heavy atom. The van der Waals surface area contributed by atoms with Gasteiger partial charge in [-0.1, -0.05) is 0 Å². The van der Waals surface area contributed by atoms with Gasteiger partial charge >= 0.3 is 0 Å². The van der Waals surface area contributed by atoms with Gasteiger partial charge in [0.1, 0.15) is 0 Å². The maximum atomic E-state index is 8.70. The van der Waals surface area contributed by atoms with Crippen molar-refractivity contribution in [3.63, 3.8) is 0 Å². The van der Waals surface area contributed by atoms with E-state index in [1.165, 1.54) is 0 Å². The molecule has 0 aliphatic heterocycles. The Kier molecular flexibility index (Phi) is 3.75. The Balaban J connectivity index is 2.47. The van der Waals surface area contributed by atoms with Gasteiger partial charge in [0.15, 0.2) is 5.96 Å². The molecule has 0 aromatic carbocycles. The molecule has 1 saturated carbocycles. The van der Waals surface area contributed by atoms with Crippen molar-refractivity contribution in [3.8, 4) is 6.07 Å². The highest BCUT2D eigenvalue weighted by atomic mass is 15.3. The molecule has 1 atom stereocenters. The van der Waals surface area contributed by atoms with Crippen LogP contribution in [-0.2, 0) is 0 Å². The minimum Gasteiger partial charge on any atom is -0.370 e. The first-order valence-electron chi connectivity index (χ1n) is 5.15. The van der Waals surface area contributed by atoms with Crippen LogP contribution in [0.25, 0.3) is 0 Å². The molecule has 1 aliphatic carbocycles. The van der Waals surface area contributed by atoms with Crippen molar-refractivity contribution in [3.05, 3.63) is 0 Å². The molecule has 14 heavy (non-hydrogen) atoms. The summed E-state index contributed by atoms with van der Waals surface area (Å²) in [6, 6.07) is 2.65. The van der Waals surface area contributed by atoms with Gasteiger partial charge in [0.25, 0.3) is 0 Å². The fourth-order valence-electron chi connectivity index (χ4n) is 1.23. The molecule has 0 aromatic rings. The van der Waals surface area contributed by atoms with E-state index in [9.17, 15) is 0 Å². The van der Waals surface area contributed by atoms with Crippen LogP contribution in [0.3, 0.4) is 0 Å². The fourth-order valence-corrected chi connectivity index (χ4v) is 1.23. The normalized spacial score (nSPS) is 18.8. The zero-order chi connectivity index (χ0) is 10.6. The van der Waals surface area contributed by atoms with Gasteiger partial charge in [0.2, 0.25) is 0 Å². The van der Waals surface area contributed by atoms with Gasteiger partial charge in [-0.05, 0) is 26.7 Å². The molecule has 1 fully saturated rings. The van der Waals surface area contributed by atoms with Crippen molar-refractivity contribution < 1.29 is 0 Å². The van der Waals surface area contributed by atoms with E-state index in [-0.39, 0.29) is 5.92 Å². The molecule has 0 amide bonds. The largest absolute Gasteiger partial charge is 0.370 e. The van der Waals surface area contributed by atoms with Gasteiger partial charge in [0, 0.05) is 13.1 Å². The van der Waals surface area contributed by atoms with Gasteiger partial charge in [0.05, 0.1) is 18.0 Å². The number of hydrogen-bond acceptors (Lipinski definition) is 2. The van der Waals surface area contributed by atoms with E-state index in [1.807, 2.05) is 18.7 Å². The second-order valence-electron chi connectivity index (χ2n) is 3.79. The summed E-state index contributed by atoms with van der Waals surface area (Å²) in [7, 11) is 0. The molecule has 0 radical (unpaired) electrons. The monoisotopic (exact) mass is 194 g/mol. The number of nitrogens with zero attached hydrogens (tertiary/aromatic N) is 3. The summed E-state index contributed by atoms with van der Waals surface area (Å²) in [6.07, 6.45) is 2.32. The average molecular weight is 194 g/mol. The quantitative estimate of drug-likeness (QED) is 0.535. The summed E-state index contributed by atoms with van der Waals surface area (Å²) in [5.41, 5.74) is 5.84. The second-order valence-corrected chi connectivity index (χ2v) is 3.79. The summed E-state index contributed by atoms with van der Waals surface area (Å²) >= 11 is 0. The fraction of sp³-hybridized carbons (Fsp3) is 0.800. The summed E-state index contributed by atoms with van der Waals surface area (Å²) < 4.78 is 0. The first kappa shape index (κ1) is 10.8. The Morgan fingerprint density at radius 2 is 2.36 bits per heavy atom. The van der Waals surface area contributed by atoms with Crippen molar-refractivity contribution >= 4 is 5.96 Å². The van der Waals surface area contributed by atoms with Crippen LogP contribution in [0.1, 0.15) is 26.7 Å². The van der Waals surface area contributed by atoms with Crippen LogP contribution >= 0.6 is 0 Å². The van der Waals surface area contributed by atoms with Gasteiger partial charge in [-0.2, -0.15) is 5.26 Å². The lowest BCUT2D eigenvalue weighted by molar-refractivity contribution is 0.398. The van der Waals surface area contributed by atoms with Crippen molar-refractivity contribution in [2.24, 2.45) is 16.6 Å². The van der Waals surface area contributed by atoms with E-state index in [1.54, 1.807) is 0 Å². The van der Waals surface area contributed by atoms with Crippen LogP contribution in [0.4, 0.5) is 0 Å². The number of nitrogens with two attached hydrogens (primary N) is 1. The Bertz CT molecular complexity index is 249. The third kappa shape index (κ3) is 3.25. The van der Waals surface area contributed by atoms with E-state index >= 15 is 0 Å². The highest BCUT2D eigenvalue weighted by molar-refractivity contribution is 5.78. The maximum Gasteiger partial charge on any atom is 0.191 e. The van der Waals surface area contributed by atoms with Gasteiger partial charge in [-0.15, -0.1) is 0 Å². The predicted octanol–water partition coefficient (Wildman–Crippen LogP) is 0.945. The van der Waals surface area contributed by atoms with E-state index in [0.717, 1.165) is 19.4 Å². The molecule has 1 unspecified atom stereocenters. The molecule has 0 bridgehead atoms. The predicted molar refractivity (Wildman–Crippen MR) is 56.7 cm³/mol. The minimum atomic E-state index is 0.00269. The molecule has 2 N–H and O–H groups in total. The number of nitriles is 1. The highest BCUT2D eigenvalue weighted by Crippen LogP contribution is 2.23. The number of rotatable bonds is 4. The lowest BCUT2D eigenvalue weighted by atomic mass is 10.2. The molecule has 4 heteroatoms. The average Bonchev–Trinajstić information content (AvgIpc) is 2.97. The molecular weight excluding hydrogens is 176 g/mol. The summed E-state index contributed by atoms with van der Waals surface area (Å²) in [5, 5.41) is 8.70. The smallest absolute Gasteiger partial charge is 0.191 e. The number of aliphatic imine (C=N–C) groups is 1. The molecule has 1 rings (SSSR count). The van der Waals surface area contributed by atoms with Crippen LogP contribution in [0.2, 0.25) is 0 Å². The third-order valence-corrected chi connectivity index (χ3v) is 2.28. The van der Waals surface area contributed by atoms with Gasteiger partial charge < -0.3 is 10.6 Å². The van der Waals surface area contributed by atoms with Gasteiger partial charge in [-0.25, -0.2) is 4.99 Å². The third-order valence-electron chi connectivity index (χ3n) is 2.28. The lowest BCUT2D eigenvalue weighted by Crippen LogP contribution is -2.40. The molecule has 0 saturated heterocycles. The van der Waals surface area contributed by atoms with Crippen molar-refractivity contribution in [2.75, 3.05) is 13.1 Å². The van der Waals surface area contributed by atoms with E-state index < -0.39 is 0 Å². The van der Waals surface area contributed by atoms with Gasteiger partial charge in [-0.3, -0.25) is 0 Å². The molecule has 0 heterocycles. The Labute approximate surface area is 85.4 Å². The Hall–Kier alpha value is -1.24. The first-order chi connectivity index (χ1) is 6.67. The number of hydrogen-bond donors (Lipinski definition) is 1. The second kappa shape index (κ2) is 4.85. The van der Waals surface area contributed by atoms with Crippen molar-refractivity contribution in [1.82, 2.24) is 4.90 Å². The molecule has 1 aliphatic rings. The Morgan fingerprint density at radius 1 is 1.71 bits per heavy atom. The molecular formula is C10H18N4. The number of guanidine groups is 1. The zero-order valence-corrected chi connectivity index (χ0v) is 8.90. The van der Waals surface area contributed by atoms with Crippen LogP contribution in [0.15, 0.2) is 4.99 Å². The van der Waals surface area contributed by atoms with E-state index in [4.69, 9.17) is 11.0 Å². The zero-order valence-electron chi connectivity index (χ0n) is 8.90. The van der Waals surface area contributed by atoms with Crippen LogP contribution in [0.5, 0.6) is 0 Å². The summed E-state index contributed by atoms with van der Waals surface area (Å²) in [5.74, 6) is 0.597. The lowest BCUT2D eigenvalue weighted by Gasteiger charge is -2.22. The van der Waals surface area contributed by atoms with Crippen molar-refractivity contribution in [1.29, 1.82) is 5.26 Å². The topological polar surface area (TPSA) is 65.4 Å². The first-order valence-corrected chi connectivity index (χ1v) is 5.15.